The molecular formula is C29H36N2O6S. The van der Waals surface area contributed by atoms with Crippen molar-refractivity contribution in [1.29, 1.82) is 0 Å². The molecule has 2 aromatic carbocycles. The van der Waals surface area contributed by atoms with Gasteiger partial charge in [0.25, 0.3) is 5.56 Å². The van der Waals surface area contributed by atoms with Crippen LogP contribution in [-0.2, 0) is 37.1 Å². The number of ether oxygens (including phenoxy) is 1. The van der Waals surface area contributed by atoms with Crippen LogP contribution in [0.15, 0.2) is 59.5 Å². The summed E-state index contributed by atoms with van der Waals surface area (Å²) in [5, 5.41) is 1.30. The number of aromatic nitrogens is 1. The molecule has 0 amide bonds. The molecule has 9 heteroatoms. The Hall–Kier alpha value is -3.30. The van der Waals surface area contributed by atoms with Gasteiger partial charge in [-0.3, -0.25) is 19.3 Å². The van der Waals surface area contributed by atoms with Gasteiger partial charge in [-0.15, -0.1) is 0 Å². The molecule has 8 nitrogen and oxygen atoms in total. The molecule has 0 unspecified atom stereocenters. The number of fused-ring (bicyclic) bond motifs is 1. The van der Waals surface area contributed by atoms with E-state index in [-0.39, 0.29) is 43.2 Å². The van der Waals surface area contributed by atoms with Gasteiger partial charge in [0.15, 0.2) is 15.6 Å². The van der Waals surface area contributed by atoms with E-state index < -0.39 is 14.6 Å². The highest BCUT2D eigenvalue weighted by atomic mass is 32.2. The molecule has 3 rings (SSSR count). The summed E-state index contributed by atoms with van der Waals surface area (Å²) >= 11 is 0. The summed E-state index contributed by atoms with van der Waals surface area (Å²) in [5.41, 5.74) is 2.77. The first-order valence-corrected chi connectivity index (χ1v) is 14.5. The summed E-state index contributed by atoms with van der Waals surface area (Å²) < 4.78 is 29.9. The Bertz CT molecular complexity index is 1480. The van der Waals surface area contributed by atoms with E-state index in [9.17, 15) is 22.8 Å². The molecule has 1 aromatic heterocycles. The number of hydrogen-bond donors (Lipinski definition) is 0. The van der Waals surface area contributed by atoms with Crippen LogP contribution in [0.1, 0.15) is 32.3 Å². The molecule has 0 spiro atoms. The van der Waals surface area contributed by atoms with Crippen LogP contribution in [-0.4, -0.2) is 67.9 Å². The van der Waals surface area contributed by atoms with Crippen molar-refractivity contribution in [2.24, 2.45) is 0 Å². The van der Waals surface area contributed by atoms with Crippen molar-refractivity contribution in [3.8, 4) is 11.1 Å². The number of Topliss-reactive ketones (excluding diaryl/α,β-unsaturated/α-hetero) is 1. The molecule has 1 heterocycles. The standard InChI is InChI=1S/C29H36N2O6S/c1-6-26(32)29(2,38(5,35)36)15-17-31-16-13-24-19-23(11-12-25(24)28(31)34)22-9-7-21(8-10-22)14-18-37-27(33)20-30(3)4/h7-13,16,19H,6,14-15,17-18,20H2,1-5H3/t29-/m1/s1. The third-order valence-electron chi connectivity index (χ3n) is 6.92. The van der Waals surface area contributed by atoms with Gasteiger partial charge in [0, 0.05) is 37.2 Å². The van der Waals surface area contributed by atoms with E-state index in [0.29, 0.717) is 18.4 Å². The van der Waals surface area contributed by atoms with E-state index >= 15 is 0 Å². The smallest absolute Gasteiger partial charge is 0.320 e. The van der Waals surface area contributed by atoms with Gasteiger partial charge in [-0.05, 0) is 67.7 Å². The van der Waals surface area contributed by atoms with Gasteiger partial charge < -0.3 is 9.30 Å². The second-order valence-corrected chi connectivity index (χ2v) is 12.5. The average molecular weight is 541 g/mol. The first kappa shape index (κ1) is 29.3. The minimum Gasteiger partial charge on any atom is -0.464 e. The maximum absolute atomic E-state index is 13.1. The van der Waals surface area contributed by atoms with Crippen LogP contribution in [0.2, 0.25) is 0 Å². The van der Waals surface area contributed by atoms with Gasteiger partial charge in [0.2, 0.25) is 0 Å². The molecule has 0 saturated heterocycles. The zero-order chi connectivity index (χ0) is 28.1. The summed E-state index contributed by atoms with van der Waals surface area (Å²) in [6.45, 7) is 3.78. The Morgan fingerprint density at radius 3 is 2.29 bits per heavy atom. The molecule has 0 aliphatic carbocycles. The lowest BCUT2D eigenvalue weighted by Gasteiger charge is -2.26. The second kappa shape index (κ2) is 12.0. The Labute approximate surface area is 224 Å². The normalized spacial score (nSPS) is 13.4. The van der Waals surface area contributed by atoms with Crippen LogP contribution < -0.4 is 5.56 Å². The molecule has 0 saturated carbocycles. The number of pyridine rings is 1. The average Bonchev–Trinajstić information content (AvgIpc) is 2.86. The molecule has 38 heavy (non-hydrogen) atoms. The SMILES string of the molecule is CCC(=O)[C@@](C)(CCn1ccc2cc(-c3ccc(CCOC(=O)CN(C)C)cc3)ccc2c1=O)S(C)(=O)=O. The molecule has 0 radical (unpaired) electrons. The lowest BCUT2D eigenvalue weighted by molar-refractivity contribution is -0.144. The zero-order valence-corrected chi connectivity index (χ0v) is 23.5. The molecule has 0 aliphatic rings. The monoisotopic (exact) mass is 540 g/mol. The lowest BCUT2D eigenvalue weighted by atomic mass is 9.99. The van der Waals surface area contributed by atoms with Gasteiger partial charge in [-0.1, -0.05) is 37.3 Å². The van der Waals surface area contributed by atoms with E-state index in [1.165, 1.54) is 11.5 Å². The summed E-state index contributed by atoms with van der Waals surface area (Å²) in [6.07, 6.45) is 3.49. The van der Waals surface area contributed by atoms with Crippen LogP contribution in [0, 0.1) is 0 Å². The number of hydrogen-bond acceptors (Lipinski definition) is 7. The molecule has 0 fully saturated rings. The third kappa shape index (κ3) is 6.76. The van der Waals surface area contributed by atoms with Crippen molar-refractivity contribution in [3.05, 3.63) is 70.6 Å². The highest BCUT2D eigenvalue weighted by molar-refractivity contribution is 7.92. The Kier molecular flexibility index (Phi) is 9.27. The number of ketones is 1. The number of sulfone groups is 1. The Morgan fingerprint density at radius 1 is 1.03 bits per heavy atom. The van der Waals surface area contributed by atoms with E-state index in [1.807, 2.05) is 56.6 Å². The van der Waals surface area contributed by atoms with E-state index in [0.717, 1.165) is 28.3 Å². The molecule has 1 atom stereocenters. The molecule has 3 aromatic rings. The van der Waals surface area contributed by atoms with Crippen LogP contribution in [0.5, 0.6) is 0 Å². The first-order valence-electron chi connectivity index (χ1n) is 12.6. The van der Waals surface area contributed by atoms with E-state index in [2.05, 4.69) is 0 Å². The topological polar surface area (TPSA) is 103 Å². The minimum atomic E-state index is -3.64. The highest BCUT2D eigenvalue weighted by Crippen LogP contribution is 2.26. The molecule has 0 aliphatic heterocycles. The largest absolute Gasteiger partial charge is 0.464 e. The van der Waals surface area contributed by atoms with Crippen LogP contribution >= 0.6 is 0 Å². The first-order chi connectivity index (χ1) is 17.9. The van der Waals surface area contributed by atoms with Crippen molar-refractivity contribution >= 4 is 32.4 Å². The van der Waals surface area contributed by atoms with Gasteiger partial charge in [0.1, 0.15) is 4.75 Å². The predicted molar refractivity (Wildman–Crippen MR) is 150 cm³/mol. The number of aryl methyl sites for hydroxylation is 1. The van der Waals surface area contributed by atoms with Gasteiger partial charge in [-0.25, -0.2) is 8.42 Å². The highest BCUT2D eigenvalue weighted by Gasteiger charge is 2.41. The summed E-state index contributed by atoms with van der Waals surface area (Å²) in [4.78, 5) is 39.0. The Morgan fingerprint density at radius 2 is 1.68 bits per heavy atom. The summed E-state index contributed by atoms with van der Waals surface area (Å²) in [5.74, 6) is -0.601. The molecule has 0 bridgehead atoms. The van der Waals surface area contributed by atoms with Crippen molar-refractivity contribution in [3.63, 3.8) is 0 Å². The van der Waals surface area contributed by atoms with Crippen molar-refractivity contribution in [2.45, 2.75) is 44.4 Å². The Balaban J connectivity index is 1.74. The number of esters is 1. The zero-order valence-electron chi connectivity index (χ0n) is 22.7. The van der Waals surface area contributed by atoms with Crippen LogP contribution in [0.25, 0.3) is 21.9 Å². The number of rotatable bonds is 12. The van der Waals surface area contributed by atoms with E-state index in [1.54, 1.807) is 24.1 Å². The quantitative estimate of drug-likeness (QED) is 0.324. The second-order valence-electron chi connectivity index (χ2n) is 10.1. The van der Waals surface area contributed by atoms with Crippen molar-refractivity contribution in [2.75, 3.05) is 33.5 Å². The van der Waals surface area contributed by atoms with Crippen molar-refractivity contribution in [1.82, 2.24) is 9.47 Å². The summed E-state index contributed by atoms with van der Waals surface area (Å²) in [7, 11) is -0.0110. The van der Waals surface area contributed by atoms with Crippen molar-refractivity contribution < 1.29 is 22.7 Å². The maximum atomic E-state index is 13.1. The molecular weight excluding hydrogens is 504 g/mol. The molecule has 204 valence electrons. The maximum Gasteiger partial charge on any atom is 0.320 e. The number of likely N-dealkylation sites (N-methyl/N-ethyl adjacent to an activating group) is 1. The fourth-order valence-electron chi connectivity index (χ4n) is 4.33. The molecule has 0 N–H and O–H groups in total. The van der Waals surface area contributed by atoms with Crippen LogP contribution in [0.3, 0.4) is 0 Å². The van der Waals surface area contributed by atoms with Gasteiger partial charge in [0.05, 0.1) is 13.2 Å². The predicted octanol–water partition coefficient (Wildman–Crippen LogP) is 3.49. The third-order valence-corrected chi connectivity index (χ3v) is 8.99. The number of carbonyl (C=O) groups is 2. The summed E-state index contributed by atoms with van der Waals surface area (Å²) in [6, 6.07) is 15.4. The fourth-order valence-corrected chi connectivity index (χ4v) is 5.35. The van der Waals surface area contributed by atoms with Gasteiger partial charge in [-0.2, -0.15) is 0 Å². The lowest BCUT2D eigenvalue weighted by Crippen LogP contribution is -2.44. The number of carbonyl (C=O) groups excluding carboxylic acids is 2. The number of nitrogens with zero attached hydrogens (tertiary/aromatic N) is 2. The number of benzene rings is 2. The fraction of sp³-hybridized carbons (Fsp3) is 0.414. The minimum absolute atomic E-state index is 0.0310. The van der Waals surface area contributed by atoms with E-state index in [4.69, 9.17) is 4.74 Å². The van der Waals surface area contributed by atoms with Crippen LogP contribution in [0.4, 0.5) is 0 Å². The van der Waals surface area contributed by atoms with Gasteiger partial charge >= 0.3 is 5.97 Å².